The molecular weight excluding hydrogens is 247 g/mol. The molecule has 0 aliphatic carbocycles. The van der Waals surface area contributed by atoms with Gasteiger partial charge >= 0.3 is 6.18 Å². The average molecular weight is 267 g/mol. The molecule has 0 bridgehead atoms. The monoisotopic (exact) mass is 267 g/mol. The van der Waals surface area contributed by atoms with Crippen molar-refractivity contribution in [1.29, 1.82) is 0 Å². The Labute approximate surface area is 105 Å². The number of rotatable bonds is 6. The van der Waals surface area contributed by atoms with Gasteiger partial charge in [-0.15, -0.1) is 6.58 Å². The van der Waals surface area contributed by atoms with Gasteiger partial charge in [0, 0.05) is 12.6 Å². The predicted octanol–water partition coefficient (Wildman–Crippen LogP) is 1.70. The minimum Gasteiger partial charge on any atom is -0.392 e. The Bertz CT molecular complexity index is 271. The quantitative estimate of drug-likeness (QED) is 0.720. The van der Waals surface area contributed by atoms with Crippen molar-refractivity contribution < 1.29 is 23.4 Å². The molecule has 3 atom stereocenters. The van der Waals surface area contributed by atoms with Crippen molar-refractivity contribution in [2.75, 3.05) is 13.1 Å². The molecule has 1 rings (SSSR count). The molecule has 0 aromatic heterocycles. The highest BCUT2D eigenvalue weighted by Crippen LogP contribution is 2.30. The van der Waals surface area contributed by atoms with E-state index in [0.29, 0.717) is 32.2 Å². The molecule has 0 saturated carbocycles. The number of allylic oxidation sites excluding steroid dienone is 1. The first-order valence-electron chi connectivity index (χ1n) is 6.14. The van der Waals surface area contributed by atoms with Gasteiger partial charge in [0.05, 0.1) is 6.10 Å². The summed E-state index contributed by atoms with van der Waals surface area (Å²) in [5, 5.41) is 19.0. The number of nitrogens with zero attached hydrogens (tertiary/aromatic N) is 1. The number of hydrogen-bond donors (Lipinski definition) is 2. The van der Waals surface area contributed by atoms with Crippen LogP contribution in [0.15, 0.2) is 12.7 Å². The number of β-amino-alcohol motifs (C(OH)–C–C–N with tert-alkyl or cyclic N) is 1. The molecule has 0 unspecified atom stereocenters. The molecule has 1 saturated heterocycles. The van der Waals surface area contributed by atoms with Gasteiger partial charge in [0.25, 0.3) is 0 Å². The molecule has 0 amide bonds. The van der Waals surface area contributed by atoms with Crippen LogP contribution in [0.3, 0.4) is 0 Å². The smallest absolute Gasteiger partial charge is 0.392 e. The number of aliphatic hydroxyl groups excluding tert-OH is 2. The van der Waals surface area contributed by atoms with Crippen molar-refractivity contribution in [3.8, 4) is 0 Å². The highest BCUT2D eigenvalue weighted by atomic mass is 19.4. The van der Waals surface area contributed by atoms with Crippen LogP contribution in [0.1, 0.15) is 25.7 Å². The van der Waals surface area contributed by atoms with Crippen LogP contribution in [0.5, 0.6) is 0 Å². The third kappa shape index (κ3) is 4.26. The molecule has 2 N–H and O–H groups in total. The van der Waals surface area contributed by atoms with Crippen molar-refractivity contribution in [2.45, 2.75) is 50.1 Å². The number of aliphatic hydroxyl groups is 2. The van der Waals surface area contributed by atoms with Crippen molar-refractivity contribution in [3.05, 3.63) is 12.7 Å². The second-order valence-corrected chi connectivity index (χ2v) is 4.71. The first-order valence-corrected chi connectivity index (χ1v) is 6.14. The van der Waals surface area contributed by atoms with Gasteiger partial charge in [-0.3, -0.25) is 4.90 Å². The summed E-state index contributed by atoms with van der Waals surface area (Å²) in [5.41, 5.74) is 0. The zero-order valence-electron chi connectivity index (χ0n) is 10.2. The molecule has 1 aliphatic heterocycles. The van der Waals surface area contributed by atoms with Crippen LogP contribution in [0.2, 0.25) is 0 Å². The summed E-state index contributed by atoms with van der Waals surface area (Å²) < 4.78 is 37.4. The maximum atomic E-state index is 12.5. The van der Waals surface area contributed by atoms with Crippen molar-refractivity contribution >= 4 is 0 Å². The minimum absolute atomic E-state index is 0.172. The standard InChI is InChI=1S/C12H20F3NO2/c1-2-3-5-9(17)8-16-7-4-6-10(16)11(18)12(13,14)15/h2,9-11,17-18H,1,3-8H2/t9-,10-,11-/m0/s1. The van der Waals surface area contributed by atoms with Crippen LogP contribution in [0, 0.1) is 0 Å². The maximum Gasteiger partial charge on any atom is 0.415 e. The van der Waals surface area contributed by atoms with E-state index in [1.54, 1.807) is 6.08 Å². The van der Waals surface area contributed by atoms with Gasteiger partial charge in [-0.25, -0.2) is 0 Å². The van der Waals surface area contributed by atoms with Gasteiger partial charge in [-0.05, 0) is 32.2 Å². The lowest BCUT2D eigenvalue weighted by Gasteiger charge is -2.31. The first kappa shape index (κ1) is 15.5. The van der Waals surface area contributed by atoms with Gasteiger partial charge in [0.2, 0.25) is 0 Å². The second kappa shape index (κ2) is 6.54. The molecule has 1 fully saturated rings. The highest BCUT2D eigenvalue weighted by Gasteiger charge is 2.47. The molecule has 106 valence electrons. The summed E-state index contributed by atoms with van der Waals surface area (Å²) in [6.45, 7) is 4.19. The zero-order valence-corrected chi connectivity index (χ0v) is 10.2. The molecule has 1 heterocycles. The largest absolute Gasteiger partial charge is 0.415 e. The minimum atomic E-state index is -4.60. The predicted molar refractivity (Wildman–Crippen MR) is 62.1 cm³/mol. The fourth-order valence-corrected chi connectivity index (χ4v) is 2.33. The first-order chi connectivity index (χ1) is 8.36. The molecule has 0 aromatic rings. The van der Waals surface area contributed by atoms with Gasteiger partial charge < -0.3 is 10.2 Å². The van der Waals surface area contributed by atoms with Gasteiger partial charge in [0.15, 0.2) is 6.10 Å². The normalized spacial score (nSPS) is 25.1. The molecule has 3 nitrogen and oxygen atoms in total. The summed E-state index contributed by atoms with van der Waals surface area (Å²) in [4.78, 5) is 1.53. The fourth-order valence-electron chi connectivity index (χ4n) is 2.33. The Morgan fingerprint density at radius 2 is 2.06 bits per heavy atom. The number of hydrogen-bond acceptors (Lipinski definition) is 3. The third-order valence-electron chi connectivity index (χ3n) is 3.26. The Hall–Kier alpha value is -0.590. The Morgan fingerprint density at radius 3 is 2.61 bits per heavy atom. The van der Waals surface area contributed by atoms with Crippen LogP contribution >= 0.6 is 0 Å². The van der Waals surface area contributed by atoms with Crippen molar-refractivity contribution in [2.24, 2.45) is 0 Å². The average Bonchev–Trinajstić information content (AvgIpc) is 2.72. The molecular formula is C12H20F3NO2. The summed E-state index contributed by atoms with van der Waals surface area (Å²) in [6, 6.07) is -0.927. The molecule has 0 aromatic carbocycles. The van der Waals surface area contributed by atoms with Crippen molar-refractivity contribution in [3.63, 3.8) is 0 Å². The molecule has 0 radical (unpaired) electrons. The Kier molecular flexibility index (Phi) is 5.62. The van der Waals surface area contributed by atoms with Gasteiger partial charge in [-0.1, -0.05) is 6.08 Å². The van der Waals surface area contributed by atoms with Gasteiger partial charge in [0.1, 0.15) is 0 Å². The van der Waals surface area contributed by atoms with E-state index < -0.39 is 24.4 Å². The van der Waals surface area contributed by atoms with E-state index in [4.69, 9.17) is 0 Å². The Morgan fingerprint density at radius 1 is 1.39 bits per heavy atom. The lowest BCUT2D eigenvalue weighted by Crippen LogP contribution is -2.48. The Balaban J connectivity index is 2.51. The summed E-state index contributed by atoms with van der Waals surface area (Å²) in [6.07, 6.45) is -3.90. The van der Waals surface area contributed by atoms with Crippen LogP contribution in [0.4, 0.5) is 13.2 Å². The van der Waals surface area contributed by atoms with E-state index in [0.717, 1.165) is 0 Å². The summed E-state index contributed by atoms with van der Waals surface area (Å²) >= 11 is 0. The lowest BCUT2D eigenvalue weighted by molar-refractivity contribution is -0.219. The van der Waals surface area contributed by atoms with E-state index in [9.17, 15) is 23.4 Å². The third-order valence-corrected chi connectivity index (χ3v) is 3.26. The SMILES string of the molecule is C=CCC[C@H](O)CN1CCC[C@H]1[C@H](O)C(F)(F)F. The molecule has 6 heteroatoms. The summed E-state index contributed by atoms with van der Waals surface area (Å²) in [7, 11) is 0. The van der Waals surface area contributed by atoms with Crippen LogP contribution in [0.25, 0.3) is 0 Å². The number of halogens is 3. The molecule has 1 aliphatic rings. The lowest BCUT2D eigenvalue weighted by atomic mass is 10.1. The van der Waals surface area contributed by atoms with Crippen LogP contribution in [-0.2, 0) is 0 Å². The highest BCUT2D eigenvalue weighted by molar-refractivity contribution is 4.89. The van der Waals surface area contributed by atoms with Crippen LogP contribution in [-0.4, -0.2) is 52.6 Å². The molecule has 0 spiro atoms. The van der Waals surface area contributed by atoms with E-state index >= 15 is 0 Å². The zero-order chi connectivity index (χ0) is 13.8. The molecule has 18 heavy (non-hydrogen) atoms. The number of likely N-dealkylation sites (tertiary alicyclic amines) is 1. The van der Waals surface area contributed by atoms with E-state index in [1.807, 2.05) is 0 Å². The second-order valence-electron chi connectivity index (χ2n) is 4.71. The topological polar surface area (TPSA) is 43.7 Å². The fraction of sp³-hybridized carbons (Fsp3) is 0.833. The van der Waals surface area contributed by atoms with E-state index in [2.05, 4.69) is 6.58 Å². The van der Waals surface area contributed by atoms with E-state index in [1.165, 1.54) is 4.90 Å². The summed E-state index contributed by atoms with van der Waals surface area (Å²) in [5.74, 6) is 0. The van der Waals surface area contributed by atoms with Gasteiger partial charge in [-0.2, -0.15) is 13.2 Å². The van der Waals surface area contributed by atoms with Crippen molar-refractivity contribution in [1.82, 2.24) is 4.90 Å². The van der Waals surface area contributed by atoms with E-state index in [-0.39, 0.29) is 6.54 Å². The van der Waals surface area contributed by atoms with Crippen LogP contribution < -0.4 is 0 Å². The number of alkyl halides is 3. The maximum absolute atomic E-state index is 12.5.